The zero-order valence-electron chi connectivity index (χ0n) is 12.0. The molecule has 0 aliphatic heterocycles. The van der Waals surface area contributed by atoms with Crippen molar-refractivity contribution < 1.29 is 23.6 Å². The smallest absolute Gasteiger partial charge is 0.329 e. The Balaban J connectivity index is 2.86. The van der Waals surface area contributed by atoms with Crippen LogP contribution in [0.2, 0.25) is 0 Å². The maximum Gasteiger partial charge on any atom is 0.329 e. The number of halogens is 1. The van der Waals surface area contributed by atoms with Crippen LogP contribution in [0.3, 0.4) is 0 Å². The predicted molar refractivity (Wildman–Crippen MR) is 72.6 cm³/mol. The van der Waals surface area contributed by atoms with E-state index in [0.717, 1.165) is 18.2 Å². The number of methoxy groups -OCH3 is 1. The number of carbonyl (C=O) groups is 1. The van der Waals surface area contributed by atoms with Gasteiger partial charge in [0.15, 0.2) is 11.6 Å². The van der Waals surface area contributed by atoms with Crippen molar-refractivity contribution in [3.05, 3.63) is 34.1 Å². The lowest BCUT2D eigenvalue weighted by atomic mass is 10.0. The van der Waals surface area contributed by atoms with Gasteiger partial charge in [0.05, 0.1) is 18.1 Å². The van der Waals surface area contributed by atoms with E-state index in [-0.39, 0.29) is 18.0 Å². The van der Waals surface area contributed by atoms with Gasteiger partial charge in [-0.2, -0.15) is 0 Å². The summed E-state index contributed by atoms with van der Waals surface area (Å²) in [5.74, 6) is -1.59. The first-order valence-corrected chi connectivity index (χ1v) is 6.24. The number of ether oxygens (including phenoxy) is 2. The van der Waals surface area contributed by atoms with Crippen LogP contribution in [0, 0.1) is 15.9 Å². The summed E-state index contributed by atoms with van der Waals surface area (Å²) in [6.07, 6.45) is 0. The Kier molecular flexibility index (Phi) is 5.60. The van der Waals surface area contributed by atoms with Crippen LogP contribution < -0.4 is 10.1 Å². The van der Waals surface area contributed by atoms with Crippen molar-refractivity contribution in [1.29, 1.82) is 0 Å². The van der Waals surface area contributed by atoms with Gasteiger partial charge in [0.2, 0.25) is 0 Å². The van der Waals surface area contributed by atoms with E-state index in [1.165, 1.54) is 7.11 Å². The fourth-order valence-electron chi connectivity index (χ4n) is 1.74. The average molecular weight is 300 g/mol. The molecule has 0 fully saturated rings. The monoisotopic (exact) mass is 300 g/mol. The number of nitro groups is 1. The van der Waals surface area contributed by atoms with Crippen LogP contribution in [0.1, 0.15) is 13.8 Å². The standard InChI is InChI=1S/C13H17FN2O5/c1-4-15-13(2,12(17)20-3)8-21-11-6-5-9(16(18)19)7-10(11)14/h5-7,15H,4,8H2,1-3H3. The van der Waals surface area contributed by atoms with Gasteiger partial charge in [0.25, 0.3) is 5.69 Å². The number of nitro benzene ring substituents is 1. The van der Waals surface area contributed by atoms with Gasteiger partial charge < -0.3 is 9.47 Å². The number of nitrogens with one attached hydrogen (secondary N) is 1. The van der Waals surface area contributed by atoms with Gasteiger partial charge in [-0.05, 0) is 19.5 Å². The van der Waals surface area contributed by atoms with Gasteiger partial charge in [0, 0.05) is 6.07 Å². The van der Waals surface area contributed by atoms with E-state index in [4.69, 9.17) is 4.74 Å². The van der Waals surface area contributed by atoms with Crippen molar-refractivity contribution in [2.24, 2.45) is 0 Å². The minimum Gasteiger partial charge on any atom is -0.488 e. The Hall–Kier alpha value is -2.22. The molecule has 21 heavy (non-hydrogen) atoms. The molecule has 0 amide bonds. The fraction of sp³-hybridized carbons (Fsp3) is 0.462. The van der Waals surface area contributed by atoms with Crippen molar-refractivity contribution in [2.45, 2.75) is 19.4 Å². The fourth-order valence-corrected chi connectivity index (χ4v) is 1.74. The maximum atomic E-state index is 13.7. The van der Waals surface area contributed by atoms with Crippen molar-refractivity contribution >= 4 is 11.7 Å². The molecule has 0 spiro atoms. The Labute approximate surface area is 121 Å². The summed E-state index contributed by atoms with van der Waals surface area (Å²) in [4.78, 5) is 21.5. The Bertz CT molecular complexity index is 537. The number of esters is 1. The largest absolute Gasteiger partial charge is 0.488 e. The lowest BCUT2D eigenvalue weighted by Gasteiger charge is -2.27. The summed E-state index contributed by atoms with van der Waals surface area (Å²) >= 11 is 0. The number of rotatable bonds is 7. The minimum absolute atomic E-state index is 0.173. The molecule has 1 rings (SSSR count). The molecule has 1 N–H and O–H groups in total. The first kappa shape index (κ1) is 16.8. The Morgan fingerprint density at radius 1 is 1.52 bits per heavy atom. The Morgan fingerprint density at radius 3 is 2.67 bits per heavy atom. The van der Waals surface area contributed by atoms with E-state index in [1.807, 2.05) is 0 Å². The summed E-state index contributed by atoms with van der Waals surface area (Å²) in [6, 6.07) is 3.04. The summed E-state index contributed by atoms with van der Waals surface area (Å²) in [5.41, 5.74) is -1.51. The number of likely N-dealkylation sites (N-methyl/N-ethyl adjacent to an activating group) is 1. The summed E-state index contributed by atoms with van der Waals surface area (Å²) in [6.45, 7) is 3.67. The molecule has 116 valence electrons. The molecule has 7 nitrogen and oxygen atoms in total. The maximum absolute atomic E-state index is 13.7. The molecule has 0 aromatic heterocycles. The van der Waals surface area contributed by atoms with Crippen LogP contribution in [-0.2, 0) is 9.53 Å². The van der Waals surface area contributed by atoms with Gasteiger partial charge in [-0.15, -0.1) is 0 Å². The second kappa shape index (κ2) is 6.98. The summed E-state index contributed by atoms with van der Waals surface area (Å²) < 4.78 is 23.6. The molecule has 8 heteroatoms. The topological polar surface area (TPSA) is 90.7 Å². The molecular weight excluding hydrogens is 283 g/mol. The molecule has 1 aromatic rings. The molecule has 1 atom stereocenters. The normalized spacial score (nSPS) is 13.3. The highest BCUT2D eigenvalue weighted by Crippen LogP contribution is 2.23. The second-order valence-electron chi connectivity index (χ2n) is 4.51. The van der Waals surface area contributed by atoms with Crippen molar-refractivity contribution in [1.82, 2.24) is 5.32 Å². The van der Waals surface area contributed by atoms with E-state index >= 15 is 0 Å². The molecule has 0 aliphatic rings. The van der Waals surface area contributed by atoms with E-state index in [1.54, 1.807) is 13.8 Å². The van der Waals surface area contributed by atoms with E-state index in [0.29, 0.717) is 6.54 Å². The first-order valence-electron chi connectivity index (χ1n) is 6.24. The quantitative estimate of drug-likeness (QED) is 0.468. The van der Waals surface area contributed by atoms with Crippen LogP contribution in [0.4, 0.5) is 10.1 Å². The number of non-ortho nitro benzene ring substituents is 1. The van der Waals surface area contributed by atoms with Crippen LogP contribution in [0.15, 0.2) is 18.2 Å². The van der Waals surface area contributed by atoms with Crippen LogP contribution in [-0.4, -0.2) is 36.7 Å². The molecule has 1 unspecified atom stereocenters. The van der Waals surface area contributed by atoms with E-state index in [2.05, 4.69) is 10.1 Å². The summed E-state index contributed by atoms with van der Waals surface area (Å²) in [7, 11) is 1.24. The third kappa shape index (κ3) is 4.12. The van der Waals surface area contributed by atoms with E-state index < -0.39 is 22.2 Å². The molecule has 0 saturated carbocycles. The molecule has 0 radical (unpaired) electrons. The average Bonchev–Trinajstić information content (AvgIpc) is 2.45. The third-order valence-electron chi connectivity index (χ3n) is 2.85. The first-order chi connectivity index (χ1) is 9.84. The molecular formula is C13H17FN2O5. The van der Waals surface area contributed by atoms with E-state index in [9.17, 15) is 19.3 Å². The van der Waals surface area contributed by atoms with Gasteiger partial charge in [0.1, 0.15) is 12.1 Å². The van der Waals surface area contributed by atoms with Crippen LogP contribution in [0.5, 0.6) is 5.75 Å². The zero-order valence-corrected chi connectivity index (χ0v) is 12.0. The molecule has 1 aromatic carbocycles. The Morgan fingerprint density at radius 2 is 2.19 bits per heavy atom. The predicted octanol–water partition coefficient (Wildman–Crippen LogP) is 1.65. The van der Waals surface area contributed by atoms with Gasteiger partial charge in [-0.25, -0.2) is 9.18 Å². The highest BCUT2D eigenvalue weighted by Gasteiger charge is 2.34. The molecule has 0 aliphatic carbocycles. The van der Waals surface area contributed by atoms with Crippen LogP contribution >= 0.6 is 0 Å². The highest BCUT2D eigenvalue weighted by atomic mass is 19.1. The molecule has 0 saturated heterocycles. The van der Waals surface area contributed by atoms with Gasteiger partial charge >= 0.3 is 5.97 Å². The second-order valence-corrected chi connectivity index (χ2v) is 4.51. The SMILES string of the molecule is CCNC(C)(COc1ccc([N+](=O)[O-])cc1F)C(=O)OC. The van der Waals surface area contributed by atoms with Crippen molar-refractivity contribution in [3.63, 3.8) is 0 Å². The number of hydrogen-bond donors (Lipinski definition) is 1. The number of benzene rings is 1. The van der Waals surface area contributed by atoms with Crippen molar-refractivity contribution in [3.8, 4) is 5.75 Å². The number of hydrogen-bond acceptors (Lipinski definition) is 6. The number of nitrogens with zero attached hydrogens (tertiary/aromatic N) is 1. The molecule has 0 heterocycles. The minimum atomic E-state index is -1.14. The van der Waals surface area contributed by atoms with Gasteiger partial charge in [-0.1, -0.05) is 6.92 Å². The van der Waals surface area contributed by atoms with Gasteiger partial charge in [-0.3, -0.25) is 15.4 Å². The highest BCUT2D eigenvalue weighted by molar-refractivity contribution is 5.80. The van der Waals surface area contributed by atoms with Crippen molar-refractivity contribution in [2.75, 3.05) is 20.3 Å². The lowest BCUT2D eigenvalue weighted by Crippen LogP contribution is -2.54. The summed E-state index contributed by atoms with van der Waals surface area (Å²) in [5, 5.41) is 13.4. The molecule has 0 bridgehead atoms. The number of carbonyl (C=O) groups excluding carboxylic acids is 1. The van der Waals surface area contributed by atoms with Crippen LogP contribution in [0.25, 0.3) is 0 Å². The third-order valence-corrected chi connectivity index (χ3v) is 2.85. The lowest BCUT2D eigenvalue weighted by molar-refractivity contribution is -0.385. The zero-order chi connectivity index (χ0) is 16.0.